The average molecular weight is 419 g/mol. The van der Waals surface area contributed by atoms with Crippen LogP contribution in [0.5, 0.6) is 5.75 Å². The van der Waals surface area contributed by atoms with Crippen molar-refractivity contribution in [2.75, 3.05) is 0 Å². The van der Waals surface area contributed by atoms with Gasteiger partial charge < -0.3 is 19.8 Å². The Bertz CT molecular complexity index is 918. The number of hydrogen-bond donors (Lipinski definition) is 3. The summed E-state index contributed by atoms with van der Waals surface area (Å²) in [4.78, 5) is 34.1. The Morgan fingerprint density at radius 2 is 1.55 bits per heavy atom. The highest BCUT2D eigenvalue weighted by atomic mass is 31.2. The molecule has 0 aromatic heterocycles. The molecule has 8 heteroatoms. The van der Waals surface area contributed by atoms with E-state index in [4.69, 9.17) is 9.63 Å². The lowest BCUT2D eigenvalue weighted by Crippen LogP contribution is -2.36. The highest BCUT2D eigenvalue weighted by Gasteiger charge is 2.36. The summed E-state index contributed by atoms with van der Waals surface area (Å²) in [5.74, 6) is -2.50. The molecule has 0 radical (unpaired) electrons. The number of nitrogens with one attached hydrogen (secondary N) is 1. The van der Waals surface area contributed by atoms with Crippen LogP contribution >= 0.6 is 7.60 Å². The van der Waals surface area contributed by atoms with E-state index in [1.54, 1.807) is 12.1 Å². The molecule has 0 saturated carbocycles. The lowest BCUT2D eigenvalue weighted by Gasteiger charge is -2.25. The number of carbonyl (C=O) groups is 2. The fraction of sp³-hybridized carbons (Fsp3) is 0.333. The van der Waals surface area contributed by atoms with E-state index in [2.05, 4.69) is 5.32 Å². The molecule has 2 aromatic carbocycles. The van der Waals surface area contributed by atoms with E-state index < -0.39 is 25.3 Å². The summed E-state index contributed by atoms with van der Waals surface area (Å²) in [6.45, 7) is 7.46. The predicted molar refractivity (Wildman–Crippen MR) is 110 cm³/mol. The number of amides is 1. The minimum absolute atomic E-state index is 0.0259. The zero-order valence-corrected chi connectivity index (χ0v) is 17.8. The van der Waals surface area contributed by atoms with Gasteiger partial charge in [-0.25, -0.2) is 9.36 Å². The van der Waals surface area contributed by atoms with Crippen molar-refractivity contribution in [2.45, 2.75) is 39.9 Å². The average Bonchev–Trinajstić information content (AvgIpc) is 2.59. The van der Waals surface area contributed by atoms with Gasteiger partial charge in [-0.1, -0.05) is 19.9 Å². The SMILES string of the molecule is Cc1cc(C)cc(OP(=O)(O)[C@H](CC(C)C)NC(=O)c2ccc(C(=O)O)cc2)c1. The number of aryl methyl sites for hydroxylation is 2. The quantitative estimate of drug-likeness (QED) is 0.548. The van der Waals surface area contributed by atoms with E-state index >= 15 is 0 Å². The molecule has 0 saturated heterocycles. The first-order valence-corrected chi connectivity index (χ1v) is 10.9. The Morgan fingerprint density at radius 3 is 2.03 bits per heavy atom. The molecule has 156 valence electrons. The lowest BCUT2D eigenvalue weighted by molar-refractivity contribution is 0.0696. The zero-order valence-electron chi connectivity index (χ0n) is 16.9. The van der Waals surface area contributed by atoms with Crippen molar-refractivity contribution < 1.29 is 28.7 Å². The first kappa shape index (κ1) is 22.7. The van der Waals surface area contributed by atoms with Crippen molar-refractivity contribution >= 4 is 19.5 Å². The molecule has 2 atom stereocenters. The molecule has 7 nitrogen and oxygen atoms in total. The molecule has 3 N–H and O–H groups in total. The van der Waals surface area contributed by atoms with Crippen LogP contribution in [0.4, 0.5) is 0 Å². The molecule has 29 heavy (non-hydrogen) atoms. The van der Waals surface area contributed by atoms with E-state index in [9.17, 15) is 19.0 Å². The summed E-state index contributed by atoms with van der Waals surface area (Å²) < 4.78 is 18.4. The minimum Gasteiger partial charge on any atom is -0.478 e. The van der Waals surface area contributed by atoms with Crippen LogP contribution in [0.1, 0.15) is 52.1 Å². The monoisotopic (exact) mass is 419 g/mol. The van der Waals surface area contributed by atoms with E-state index in [0.29, 0.717) is 0 Å². The van der Waals surface area contributed by atoms with Gasteiger partial charge in [0, 0.05) is 5.56 Å². The number of carboxylic acid groups (broad SMARTS) is 1. The van der Waals surface area contributed by atoms with Gasteiger partial charge >= 0.3 is 13.6 Å². The molecule has 2 aromatic rings. The van der Waals surface area contributed by atoms with Gasteiger partial charge in [0.15, 0.2) is 0 Å². The molecular formula is C21H26NO6P. The van der Waals surface area contributed by atoms with Gasteiger partial charge in [0.1, 0.15) is 11.5 Å². The molecule has 0 aliphatic heterocycles. The summed E-state index contributed by atoms with van der Waals surface area (Å²) in [6, 6.07) is 10.6. The van der Waals surface area contributed by atoms with Crippen LogP contribution in [0.2, 0.25) is 0 Å². The van der Waals surface area contributed by atoms with Crippen LogP contribution in [0.25, 0.3) is 0 Å². The van der Waals surface area contributed by atoms with Gasteiger partial charge in [0.25, 0.3) is 5.91 Å². The molecule has 1 amide bonds. The van der Waals surface area contributed by atoms with Crippen molar-refractivity contribution in [1.29, 1.82) is 0 Å². The summed E-state index contributed by atoms with van der Waals surface area (Å²) in [7, 11) is -4.24. The van der Waals surface area contributed by atoms with Crippen LogP contribution in [0.15, 0.2) is 42.5 Å². The third kappa shape index (κ3) is 6.44. The van der Waals surface area contributed by atoms with Gasteiger partial charge in [0.2, 0.25) is 0 Å². The van der Waals surface area contributed by atoms with E-state index in [1.165, 1.54) is 24.3 Å². The second-order valence-electron chi connectivity index (χ2n) is 7.48. The van der Waals surface area contributed by atoms with Gasteiger partial charge in [-0.3, -0.25) is 4.79 Å². The maximum Gasteiger partial charge on any atom is 0.398 e. The maximum absolute atomic E-state index is 13.0. The highest BCUT2D eigenvalue weighted by molar-refractivity contribution is 7.54. The molecule has 0 heterocycles. The summed E-state index contributed by atoms with van der Waals surface area (Å²) in [5, 5.41) is 11.5. The summed E-state index contributed by atoms with van der Waals surface area (Å²) in [5.41, 5.74) is 2.02. The minimum atomic E-state index is -4.24. The fourth-order valence-electron chi connectivity index (χ4n) is 2.92. The predicted octanol–water partition coefficient (Wildman–Crippen LogP) is 4.37. The Kier molecular flexibility index (Phi) is 7.22. The van der Waals surface area contributed by atoms with Crippen molar-refractivity contribution in [3.63, 3.8) is 0 Å². The van der Waals surface area contributed by atoms with Gasteiger partial charge in [0.05, 0.1) is 5.56 Å². The smallest absolute Gasteiger partial charge is 0.398 e. The van der Waals surface area contributed by atoms with Crippen LogP contribution in [0.3, 0.4) is 0 Å². The van der Waals surface area contributed by atoms with Crippen molar-refractivity contribution in [3.8, 4) is 5.75 Å². The van der Waals surface area contributed by atoms with Crippen molar-refractivity contribution in [3.05, 3.63) is 64.7 Å². The Balaban J connectivity index is 2.23. The Hall–Kier alpha value is -2.63. The largest absolute Gasteiger partial charge is 0.478 e. The highest BCUT2D eigenvalue weighted by Crippen LogP contribution is 2.49. The van der Waals surface area contributed by atoms with Gasteiger partial charge in [-0.2, -0.15) is 0 Å². The molecule has 0 aliphatic carbocycles. The Labute approximate surface area is 170 Å². The second kappa shape index (κ2) is 9.25. The molecule has 0 spiro atoms. The van der Waals surface area contributed by atoms with Crippen molar-refractivity contribution in [2.24, 2.45) is 5.92 Å². The van der Waals surface area contributed by atoms with Crippen LogP contribution in [-0.4, -0.2) is 27.7 Å². The maximum atomic E-state index is 13.0. The first-order chi connectivity index (χ1) is 13.5. The van der Waals surface area contributed by atoms with Crippen LogP contribution in [-0.2, 0) is 4.57 Å². The zero-order chi connectivity index (χ0) is 21.8. The number of hydrogen-bond acceptors (Lipinski definition) is 4. The van der Waals surface area contributed by atoms with E-state index in [-0.39, 0.29) is 29.2 Å². The van der Waals surface area contributed by atoms with Crippen LogP contribution in [0, 0.1) is 19.8 Å². The molecule has 2 rings (SSSR count). The summed E-state index contributed by atoms with van der Waals surface area (Å²) in [6.07, 6.45) is 0.234. The molecule has 0 bridgehead atoms. The number of aromatic carboxylic acids is 1. The first-order valence-electron chi connectivity index (χ1n) is 9.22. The van der Waals surface area contributed by atoms with Crippen LogP contribution < -0.4 is 9.84 Å². The number of carboxylic acids is 1. The molecule has 0 aliphatic rings. The van der Waals surface area contributed by atoms with Crippen molar-refractivity contribution in [1.82, 2.24) is 5.32 Å². The van der Waals surface area contributed by atoms with Gasteiger partial charge in [-0.05, 0) is 73.7 Å². The number of rotatable bonds is 8. The summed E-state index contributed by atoms with van der Waals surface area (Å²) >= 11 is 0. The standard InChI is InChI=1S/C21H26NO6P/c1-13(2)9-19(22-20(23)16-5-7-17(8-6-16)21(24)25)29(26,27)28-18-11-14(3)10-15(4)12-18/h5-8,10-13,19H,9H2,1-4H3,(H,22,23)(H,24,25)(H,26,27)/t19-/m1/s1. The molecule has 0 fully saturated rings. The topological polar surface area (TPSA) is 113 Å². The lowest BCUT2D eigenvalue weighted by atomic mass is 10.1. The Morgan fingerprint density at radius 1 is 1.03 bits per heavy atom. The number of benzene rings is 2. The third-order valence-electron chi connectivity index (χ3n) is 4.21. The third-order valence-corrected chi connectivity index (χ3v) is 5.81. The number of carbonyl (C=O) groups excluding carboxylic acids is 1. The molecular weight excluding hydrogens is 393 g/mol. The van der Waals surface area contributed by atoms with E-state index in [0.717, 1.165) is 11.1 Å². The molecule has 1 unspecified atom stereocenters. The fourth-order valence-corrected chi connectivity index (χ4v) is 4.42. The van der Waals surface area contributed by atoms with Gasteiger partial charge in [-0.15, -0.1) is 0 Å². The normalized spacial score (nSPS) is 14.1. The second-order valence-corrected chi connectivity index (χ2v) is 9.41. The van der Waals surface area contributed by atoms with E-state index in [1.807, 2.05) is 33.8 Å².